The van der Waals surface area contributed by atoms with Gasteiger partial charge in [-0.25, -0.2) is 14.5 Å². The van der Waals surface area contributed by atoms with Crippen LogP contribution in [0.15, 0.2) is 0 Å². The number of imide groups is 1. The van der Waals surface area contributed by atoms with E-state index in [0.717, 1.165) is 0 Å². The summed E-state index contributed by atoms with van der Waals surface area (Å²) in [5.74, 6) is -0.690. The van der Waals surface area contributed by atoms with E-state index in [1.54, 1.807) is 20.8 Å². The van der Waals surface area contributed by atoms with E-state index in [9.17, 15) is 14.4 Å². The predicted octanol–water partition coefficient (Wildman–Crippen LogP) is 3.67. The van der Waals surface area contributed by atoms with Gasteiger partial charge in [0.25, 0.3) is 5.91 Å². The van der Waals surface area contributed by atoms with E-state index < -0.39 is 45.1 Å². The van der Waals surface area contributed by atoms with Gasteiger partial charge in [-0.15, -0.1) is 0 Å². The zero-order valence-corrected chi connectivity index (χ0v) is 16.8. The molecule has 0 aromatic rings. The molecule has 0 aromatic carbocycles. The lowest BCUT2D eigenvalue weighted by molar-refractivity contribution is -0.133. The van der Waals surface area contributed by atoms with Crippen LogP contribution in [-0.2, 0) is 14.3 Å². The number of cyclic esters (lactones) is 1. The maximum absolute atomic E-state index is 12.8. The quantitative estimate of drug-likeness (QED) is 0.463. The molecule has 0 spiro atoms. The summed E-state index contributed by atoms with van der Waals surface area (Å²) < 4.78 is 8.22. The smallest absolute Gasteiger partial charge is 0.418 e. The summed E-state index contributed by atoms with van der Waals surface area (Å²) >= 11 is 23.3. The first-order valence-corrected chi connectivity index (χ1v) is 9.14. The molecule has 0 bridgehead atoms. The number of carbonyl (C=O) groups is 3. The van der Waals surface area contributed by atoms with Crippen LogP contribution in [0.3, 0.4) is 0 Å². The molecule has 11 heteroatoms. The van der Waals surface area contributed by atoms with Crippen molar-refractivity contribution in [2.24, 2.45) is 0 Å². The summed E-state index contributed by atoms with van der Waals surface area (Å²) in [4.78, 5) is 39.1. The lowest BCUT2D eigenvalue weighted by atomic mass is 10.2. The number of alkyl halides is 4. The summed E-state index contributed by atoms with van der Waals surface area (Å²) in [5, 5.41) is 0. The van der Waals surface area contributed by atoms with Crippen LogP contribution in [0.5, 0.6) is 0 Å². The van der Waals surface area contributed by atoms with Crippen molar-refractivity contribution in [2.45, 2.75) is 60.7 Å². The maximum Gasteiger partial charge on any atom is 0.418 e. The molecule has 3 amide bonds. The van der Waals surface area contributed by atoms with Crippen molar-refractivity contribution >= 4 is 64.5 Å². The Hall–Kier alpha value is -0.630. The molecule has 2 rings (SSSR count). The van der Waals surface area contributed by atoms with Crippen molar-refractivity contribution in [3.8, 4) is 0 Å². The molecular formula is C14H18Cl4N2O5. The second kappa shape index (κ2) is 7.18. The van der Waals surface area contributed by atoms with E-state index in [2.05, 4.69) is 0 Å². The molecule has 2 aliphatic rings. The molecule has 0 saturated carbocycles. The Kier molecular flexibility index (Phi) is 5.94. The monoisotopic (exact) mass is 434 g/mol. The van der Waals surface area contributed by atoms with Crippen LogP contribution >= 0.6 is 46.4 Å². The lowest BCUT2D eigenvalue weighted by Gasteiger charge is -2.30. The van der Waals surface area contributed by atoms with E-state index in [1.807, 2.05) is 0 Å². The topological polar surface area (TPSA) is 76.2 Å². The van der Waals surface area contributed by atoms with Crippen molar-refractivity contribution in [2.75, 3.05) is 6.54 Å². The van der Waals surface area contributed by atoms with E-state index in [0.29, 0.717) is 24.3 Å². The molecule has 2 fully saturated rings. The molecule has 142 valence electrons. The predicted molar refractivity (Wildman–Crippen MR) is 93.0 cm³/mol. The summed E-state index contributed by atoms with van der Waals surface area (Å²) in [6.07, 6.45) is -2.02. The SMILES string of the molecule is CC(C)(C)OC(=O)N1CCC[C@H]1C(=O)N1C(=O)OC(C(Cl)(Cl)Cl)C1Cl. The molecule has 2 aliphatic heterocycles. The zero-order valence-electron chi connectivity index (χ0n) is 13.8. The highest BCUT2D eigenvalue weighted by Gasteiger charge is 2.55. The number of carbonyl (C=O) groups excluding carboxylic acids is 3. The van der Waals surface area contributed by atoms with E-state index in [-0.39, 0.29) is 0 Å². The standard InChI is InChI=1S/C14H18Cl4N2O5/c1-13(2,3)25-11(22)19-6-4-5-7(19)10(21)20-9(15)8(14(16,17)18)24-12(20)23/h7-9H,4-6H2,1-3H3/t7-,8?,9?/m0/s1. The van der Waals surface area contributed by atoms with Crippen LogP contribution in [-0.4, -0.2) is 61.5 Å². The summed E-state index contributed by atoms with van der Waals surface area (Å²) in [7, 11) is 0. The average Bonchev–Trinajstić information content (AvgIpc) is 3.00. The number of hydrogen-bond acceptors (Lipinski definition) is 5. The van der Waals surface area contributed by atoms with Gasteiger partial charge in [-0.2, -0.15) is 0 Å². The Morgan fingerprint density at radius 1 is 1.24 bits per heavy atom. The first kappa shape index (κ1) is 20.7. The minimum atomic E-state index is -1.99. The molecule has 2 heterocycles. The van der Waals surface area contributed by atoms with Crippen LogP contribution in [0.25, 0.3) is 0 Å². The second-order valence-corrected chi connectivity index (χ2v) is 9.57. The molecule has 7 nitrogen and oxygen atoms in total. The zero-order chi connectivity index (χ0) is 19.2. The Morgan fingerprint density at radius 2 is 1.84 bits per heavy atom. The van der Waals surface area contributed by atoms with Gasteiger partial charge in [0.2, 0.25) is 3.79 Å². The third kappa shape index (κ3) is 4.56. The second-order valence-electron chi connectivity index (χ2n) is 6.76. The van der Waals surface area contributed by atoms with E-state index in [1.165, 1.54) is 4.90 Å². The molecule has 0 aromatic heterocycles. The highest BCUT2D eigenvalue weighted by Crippen LogP contribution is 2.41. The number of likely N-dealkylation sites (tertiary alicyclic amines) is 1. The summed E-state index contributed by atoms with van der Waals surface area (Å²) in [6, 6.07) is -0.891. The van der Waals surface area contributed by atoms with Gasteiger partial charge in [0.05, 0.1) is 0 Å². The molecule has 3 atom stereocenters. The Bertz CT molecular complexity index is 575. The van der Waals surface area contributed by atoms with Crippen LogP contribution in [0, 0.1) is 0 Å². The van der Waals surface area contributed by atoms with E-state index in [4.69, 9.17) is 55.9 Å². The summed E-state index contributed by atoms with van der Waals surface area (Å²) in [5.41, 5.74) is -2.01. The van der Waals surface area contributed by atoms with Crippen LogP contribution in [0.4, 0.5) is 9.59 Å². The Labute approximate surface area is 165 Å². The fourth-order valence-electron chi connectivity index (χ4n) is 2.61. The highest BCUT2D eigenvalue weighted by atomic mass is 35.6. The Balaban J connectivity index is 2.16. The van der Waals surface area contributed by atoms with E-state index >= 15 is 0 Å². The number of nitrogens with zero attached hydrogens (tertiary/aromatic N) is 2. The van der Waals surface area contributed by atoms with Gasteiger partial charge in [-0.3, -0.25) is 9.69 Å². The van der Waals surface area contributed by atoms with Crippen LogP contribution < -0.4 is 0 Å². The van der Waals surface area contributed by atoms with Crippen molar-refractivity contribution in [3.63, 3.8) is 0 Å². The fraction of sp³-hybridized carbons (Fsp3) is 0.786. The minimum Gasteiger partial charge on any atom is -0.444 e. The van der Waals surface area contributed by atoms with Gasteiger partial charge < -0.3 is 9.47 Å². The van der Waals surface area contributed by atoms with Crippen LogP contribution in [0.1, 0.15) is 33.6 Å². The van der Waals surface area contributed by atoms with Gasteiger partial charge >= 0.3 is 12.2 Å². The number of hydrogen-bond donors (Lipinski definition) is 0. The largest absolute Gasteiger partial charge is 0.444 e. The third-order valence-electron chi connectivity index (χ3n) is 3.65. The third-order valence-corrected chi connectivity index (χ3v) is 4.72. The number of amides is 3. The molecule has 0 N–H and O–H groups in total. The molecular weight excluding hydrogens is 418 g/mol. The molecule has 0 aliphatic carbocycles. The van der Waals surface area contributed by atoms with Crippen LogP contribution in [0.2, 0.25) is 0 Å². The van der Waals surface area contributed by atoms with Gasteiger partial charge in [0.1, 0.15) is 11.6 Å². The summed E-state index contributed by atoms with van der Waals surface area (Å²) in [6.45, 7) is 5.48. The fourth-order valence-corrected chi connectivity index (χ4v) is 3.72. The number of halogens is 4. The lowest BCUT2D eigenvalue weighted by Crippen LogP contribution is -2.51. The maximum atomic E-state index is 12.8. The average molecular weight is 436 g/mol. The first-order valence-electron chi connectivity index (χ1n) is 7.57. The van der Waals surface area contributed by atoms with Crippen molar-refractivity contribution in [3.05, 3.63) is 0 Å². The molecule has 2 saturated heterocycles. The highest BCUT2D eigenvalue weighted by molar-refractivity contribution is 6.68. The van der Waals surface area contributed by atoms with Gasteiger partial charge in [-0.1, -0.05) is 46.4 Å². The number of ether oxygens (including phenoxy) is 2. The normalized spacial score (nSPS) is 27.5. The Morgan fingerprint density at radius 3 is 2.32 bits per heavy atom. The molecule has 25 heavy (non-hydrogen) atoms. The van der Waals surface area contributed by atoms with Gasteiger partial charge in [0.15, 0.2) is 11.6 Å². The number of rotatable bonds is 1. The van der Waals surface area contributed by atoms with Crippen molar-refractivity contribution in [1.29, 1.82) is 0 Å². The minimum absolute atomic E-state index is 0.328. The molecule has 2 unspecified atom stereocenters. The molecule has 0 radical (unpaired) electrons. The first-order chi connectivity index (χ1) is 11.3. The van der Waals surface area contributed by atoms with Crippen molar-refractivity contribution in [1.82, 2.24) is 9.80 Å². The van der Waals surface area contributed by atoms with Crippen molar-refractivity contribution < 1.29 is 23.9 Å². The van der Waals surface area contributed by atoms with Gasteiger partial charge in [-0.05, 0) is 33.6 Å². The van der Waals surface area contributed by atoms with Gasteiger partial charge in [0, 0.05) is 6.54 Å².